The second kappa shape index (κ2) is 6.65. The lowest BCUT2D eigenvalue weighted by atomic mass is 10.00. The number of aliphatic hydroxyl groups is 1. The predicted molar refractivity (Wildman–Crippen MR) is 91.5 cm³/mol. The molecule has 3 N–H and O–H groups in total. The van der Waals surface area contributed by atoms with Gasteiger partial charge < -0.3 is 15.7 Å². The first-order chi connectivity index (χ1) is 11.4. The molecular weight excluding hydrogens is 304 g/mol. The van der Waals surface area contributed by atoms with Gasteiger partial charge in [0.2, 0.25) is 0 Å². The average molecular weight is 328 g/mol. The molecule has 0 bridgehead atoms. The predicted octanol–water partition coefficient (Wildman–Crippen LogP) is 1.62. The Morgan fingerprint density at radius 2 is 2.12 bits per heavy atom. The molecule has 0 aliphatic heterocycles. The van der Waals surface area contributed by atoms with Crippen LogP contribution in [0.1, 0.15) is 35.6 Å². The Morgan fingerprint density at radius 1 is 1.33 bits per heavy atom. The van der Waals surface area contributed by atoms with Crippen LogP contribution in [0.4, 0.5) is 4.79 Å². The molecule has 6 nitrogen and oxygen atoms in total. The number of aromatic nitrogens is 2. The Balaban J connectivity index is 1.49. The maximum atomic E-state index is 12.0. The second-order valence-electron chi connectivity index (χ2n) is 6.67. The van der Waals surface area contributed by atoms with Crippen molar-refractivity contribution in [2.24, 2.45) is 7.05 Å². The zero-order valence-electron chi connectivity index (χ0n) is 14.2. The molecule has 2 aromatic rings. The summed E-state index contributed by atoms with van der Waals surface area (Å²) in [5.41, 5.74) is 3.44. The number of fused-ring (bicyclic) bond motifs is 1. The lowest BCUT2D eigenvalue weighted by Crippen LogP contribution is -2.43. The summed E-state index contributed by atoms with van der Waals surface area (Å²) >= 11 is 0. The number of nitrogens with one attached hydrogen (secondary N) is 2. The van der Waals surface area contributed by atoms with Gasteiger partial charge in [-0.3, -0.25) is 4.68 Å². The van der Waals surface area contributed by atoms with Crippen molar-refractivity contribution >= 4 is 6.03 Å². The highest BCUT2D eigenvalue weighted by Gasteiger charge is 2.25. The van der Waals surface area contributed by atoms with Gasteiger partial charge in [-0.1, -0.05) is 18.2 Å². The van der Waals surface area contributed by atoms with Gasteiger partial charge in [-0.15, -0.1) is 0 Å². The van der Waals surface area contributed by atoms with E-state index in [1.807, 2.05) is 0 Å². The van der Waals surface area contributed by atoms with E-state index >= 15 is 0 Å². The Hall–Kier alpha value is -2.34. The molecule has 0 spiro atoms. The number of carbonyl (C=O) groups excluding carboxylic acids is 1. The third kappa shape index (κ3) is 3.76. The number of amides is 2. The second-order valence-corrected chi connectivity index (χ2v) is 6.67. The summed E-state index contributed by atoms with van der Waals surface area (Å²) in [5.74, 6) is 0. The normalized spacial score (nSPS) is 15.6. The molecule has 1 aromatic heterocycles. The lowest BCUT2D eigenvalue weighted by molar-refractivity contribution is 0.0593. The van der Waals surface area contributed by atoms with Crippen LogP contribution in [-0.2, 0) is 32.0 Å². The molecule has 1 unspecified atom stereocenters. The van der Waals surface area contributed by atoms with Gasteiger partial charge in [0.1, 0.15) is 5.60 Å². The molecule has 0 radical (unpaired) electrons. The molecule has 2 amide bonds. The van der Waals surface area contributed by atoms with Crippen LogP contribution in [0.2, 0.25) is 0 Å². The molecule has 3 rings (SSSR count). The zero-order chi connectivity index (χ0) is 17.2. The number of nitrogens with zero attached hydrogens (tertiary/aromatic N) is 2. The molecular formula is C18H24N4O2. The third-order valence-corrected chi connectivity index (χ3v) is 4.54. The maximum absolute atomic E-state index is 12.0. The molecule has 24 heavy (non-hydrogen) atoms. The van der Waals surface area contributed by atoms with Crippen molar-refractivity contribution in [2.45, 2.75) is 38.3 Å². The van der Waals surface area contributed by atoms with Crippen LogP contribution in [0.15, 0.2) is 30.6 Å². The van der Waals surface area contributed by atoms with Gasteiger partial charge in [0.15, 0.2) is 0 Å². The van der Waals surface area contributed by atoms with E-state index in [9.17, 15) is 9.90 Å². The minimum Gasteiger partial charge on any atom is -0.383 e. The molecule has 6 heteroatoms. The fraction of sp³-hybridized carbons (Fsp3) is 0.444. The van der Waals surface area contributed by atoms with Crippen LogP contribution in [0, 0.1) is 0 Å². The molecule has 128 valence electrons. The van der Waals surface area contributed by atoms with Crippen molar-refractivity contribution in [3.8, 4) is 0 Å². The largest absolute Gasteiger partial charge is 0.383 e. The standard InChI is InChI=1S/C18H24N4O2/c1-18(24,16-10-21-22(2)11-16)12-20-17(23)19-9-13-6-7-14-4-3-5-15(14)8-13/h6-8,10-11,24H,3-5,9,12H2,1-2H3,(H2,19,20,23). The van der Waals surface area contributed by atoms with Crippen molar-refractivity contribution in [3.63, 3.8) is 0 Å². The van der Waals surface area contributed by atoms with Crippen LogP contribution < -0.4 is 10.6 Å². The Kier molecular flexibility index (Phi) is 4.57. The maximum Gasteiger partial charge on any atom is 0.315 e. The van der Waals surface area contributed by atoms with Gasteiger partial charge >= 0.3 is 6.03 Å². The molecule has 1 aromatic carbocycles. The molecule has 1 aliphatic carbocycles. The number of carbonyl (C=O) groups is 1. The van der Waals surface area contributed by atoms with Gasteiger partial charge in [-0.2, -0.15) is 5.10 Å². The molecule has 0 saturated carbocycles. The van der Waals surface area contributed by atoms with E-state index in [0.717, 1.165) is 18.4 Å². The Morgan fingerprint density at radius 3 is 2.88 bits per heavy atom. The monoisotopic (exact) mass is 328 g/mol. The first-order valence-corrected chi connectivity index (χ1v) is 8.28. The van der Waals surface area contributed by atoms with E-state index in [0.29, 0.717) is 12.1 Å². The van der Waals surface area contributed by atoms with E-state index in [1.54, 1.807) is 31.0 Å². The lowest BCUT2D eigenvalue weighted by Gasteiger charge is -2.22. The van der Waals surface area contributed by atoms with Crippen LogP contribution >= 0.6 is 0 Å². The van der Waals surface area contributed by atoms with E-state index in [1.165, 1.54) is 17.5 Å². The number of hydrogen-bond donors (Lipinski definition) is 3. The van der Waals surface area contributed by atoms with Crippen molar-refractivity contribution < 1.29 is 9.90 Å². The minimum atomic E-state index is -1.15. The third-order valence-electron chi connectivity index (χ3n) is 4.54. The Bertz CT molecular complexity index is 736. The minimum absolute atomic E-state index is 0.120. The molecule has 0 saturated heterocycles. The molecule has 0 fully saturated rings. The summed E-state index contributed by atoms with van der Waals surface area (Å²) < 4.78 is 1.62. The van der Waals surface area contributed by atoms with E-state index < -0.39 is 5.60 Å². The van der Waals surface area contributed by atoms with Gasteiger partial charge in [0.05, 0.1) is 12.7 Å². The van der Waals surface area contributed by atoms with Crippen LogP contribution in [-0.4, -0.2) is 27.5 Å². The van der Waals surface area contributed by atoms with Gasteiger partial charge in [0.25, 0.3) is 0 Å². The summed E-state index contributed by atoms with van der Waals surface area (Å²) in [4.78, 5) is 12.0. The quantitative estimate of drug-likeness (QED) is 0.780. The van der Waals surface area contributed by atoms with E-state index in [2.05, 4.69) is 33.9 Å². The first-order valence-electron chi connectivity index (χ1n) is 8.28. The van der Waals surface area contributed by atoms with Crippen molar-refractivity contribution in [1.82, 2.24) is 20.4 Å². The fourth-order valence-corrected chi connectivity index (χ4v) is 3.03. The average Bonchev–Trinajstić information content (AvgIpc) is 3.19. The van der Waals surface area contributed by atoms with Gasteiger partial charge in [-0.05, 0) is 42.9 Å². The number of aryl methyl sites for hydroxylation is 3. The van der Waals surface area contributed by atoms with Crippen molar-refractivity contribution in [1.29, 1.82) is 0 Å². The van der Waals surface area contributed by atoms with E-state index in [4.69, 9.17) is 0 Å². The fourth-order valence-electron chi connectivity index (χ4n) is 3.03. The summed E-state index contributed by atoms with van der Waals surface area (Å²) in [6.07, 6.45) is 6.85. The summed E-state index contributed by atoms with van der Waals surface area (Å²) in [5, 5.41) is 20.0. The smallest absolute Gasteiger partial charge is 0.315 e. The molecule has 1 heterocycles. The summed E-state index contributed by atoms with van der Waals surface area (Å²) in [6, 6.07) is 6.11. The van der Waals surface area contributed by atoms with Crippen LogP contribution in [0.5, 0.6) is 0 Å². The van der Waals surface area contributed by atoms with Crippen LogP contribution in [0.3, 0.4) is 0 Å². The highest BCUT2D eigenvalue weighted by atomic mass is 16.3. The highest BCUT2D eigenvalue weighted by Crippen LogP contribution is 2.22. The highest BCUT2D eigenvalue weighted by molar-refractivity contribution is 5.73. The molecule has 1 aliphatic rings. The van der Waals surface area contributed by atoms with Gasteiger partial charge in [0, 0.05) is 25.4 Å². The first kappa shape index (κ1) is 16.5. The number of rotatable bonds is 5. The SMILES string of the molecule is Cn1cc(C(C)(O)CNC(=O)NCc2ccc3c(c2)CCC3)cn1. The summed E-state index contributed by atoms with van der Waals surface area (Å²) in [7, 11) is 1.79. The van der Waals surface area contributed by atoms with Crippen molar-refractivity contribution in [3.05, 3.63) is 52.8 Å². The van der Waals surface area contributed by atoms with Gasteiger partial charge in [-0.25, -0.2) is 4.79 Å². The number of benzene rings is 1. The Labute approximate surface area is 141 Å². The summed E-state index contributed by atoms with van der Waals surface area (Å²) in [6.45, 7) is 2.26. The zero-order valence-corrected chi connectivity index (χ0v) is 14.2. The number of hydrogen-bond acceptors (Lipinski definition) is 3. The topological polar surface area (TPSA) is 79.2 Å². The van der Waals surface area contributed by atoms with Crippen molar-refractivity contribution in [2.75, 3.05) is 6.54 Å². The number of urea groups is 1. The van der Waals surface area contributed by atoms with E-state index in [-0.39, 0.29) is 12.6 Å². The van der Waals surface area contributed by atoms with Crippen LogP contribution in [0.25, 0.3) is 0 Å². The molecule has 1 atom stereocenters.